The summed E-state index contributed by atoms with van der Waals surface area (Å²) in [4.78, 5) is 13.3. The number of hydrogen-bond acceptors (Lipinski definition) is 4. The normalized spacial score (nSPS) is 19.8. The average molecular weight is 447 g/mol. The van der Waals surface area contributed by atoms with Crippen molar-refractivity contribution in [3.8, 4) is 5.75 Å². The molecule has 3 aromatic rings. The number of carbonyl (C=O) groups excluding carboxylic acids is 1. The van der Waals surface area contributed by atoms with Crippen LogP contribution in [0.1, 0.15) is 39.5 Å². The molecule has 2 aliphatic rings. The number of hydrogen-bond donors (Lipinski definition) is 0. The molecule has 0 amide bonds. The fourth-order valence-electron chi connectivity index (χ4n) is 3.90. The van der Waals surface area contributed by atoms with Crippen LogP contribution in [0, 0.1) is 6.92 Å². The lowest BCUT2D eigenvalue weighted by atomic mass is 9.95. The molecule has 29 heavy (non-hydrogen) atoms. The lowest BCUT2D eigenvalue weighted by Crippen LogP contribution is -2.45. The second kappa shape index (κ2) is 7.16. The van der Waals surface area contributed by atoms with Gasteiger partial charge in [-0.2, -0.15) is 5.10 Å². The fourth-order valence-corrected chi connectivity index (χ4v) is 4.28. The second-order valence-corrected chi connectivity index (χ2v) is 8.31. The van der Waals surface area contributed by atoms with Crippen LogP contribution in [0.5, 0.6) is 5.75 Å². The molecule has 0 unspecified atom stereocenters. The monoisotopic (exact) mass is 446 g/mol. The molecule has 0 bridgehead atoms. The highest BCUT2D eigenvalue weighted by molar-refractivity contribution is 9.10. The summed E-state index contributed by atoms with van der Waals surface area (Å²) in [6.45, 7) is 2.07. The molecule has 3 aromatic carbocycles. The lowest BCUT2D eigenvalue weighted by Gasteiger charge is -2.37. The van der Waals surface area contributed by atoms with Crippen molar-refractivity contribution in [2.24, 2.45) is 5.10 Å². The number of ketones is 1. The molecule has 0 spiro atoms. The summed E-state index contributed by atoms with van der Waals surface area (Å²) in [6.07, 6.45) is -0.0481. The van der Waals surface area contributed by atoms with E-state index in [1.54, 1.807) is 0 Å². The Bertz CT molecular complexity index is 1110. The first-order valence-corrected chi connectivity index (χ1v) is 10.4. The SMILES string of the molecule is Cc1ccc(C2=NN3[C@H](C2)c2cc(Br)ccc2O[C@H]3C(=O)c2ccccc2)cc1. The molecule has 0 N–H and O–H groups in total. The Kier molecular flexibility index (Phi) is 4.47. The minimum atomic E-state index is -0.779. The molecule has 144 valence electrons. The van der Waals surface area contributed by atoms with E-state index < -0.39 is 6.23 Å². The molecular formula is C24H19BrN2O2. The third-order valence-corrected chi connectivity index (χ3v) is 5.91. The highest BCUT2D eigenvalue weighted by Crippen LogP contribution is 2.44. The number of benzene rings is 3. The Morgan fingerprint density at radius 2 is 1.83 bits per heavy atom. The average Bonchev–Trinajstić information content (AvgIpc) is 3.20. The topological polar surface area (TPSA) is 41.9 Å². The zero-order valence-electron chi connectivity index (χ0n) is 15.9. The Hall–Kier alpha value is -2.92. The molecule has 0 radical (unpaired) electrons. The van der Waals surface area contributed by atoms with E-state index in [2.05, 4.69) is 53.2 Å². The third kappa shape index (κ3) is 3.25. The van der Waals surface area contributed by atoms with Crippen LogP contribution in [0.15, 0.2) is 82.4 Å². The van der Waals surface area contributed by atoms with Crippen LogP contribution < -0.4 is 4.74 Å². The zero-order valence-corrected chi connectivity index (χ0v) is 17.5. The highest BCUT2D eigenvalue weighted by Gasteiger charge is 2.43. The summed E-state index contributed by atoms with van der Waals surface area (Å²) in [6, 6.07) is 23.5. The van der Waals surface area contributed by atoms with E-state index in [0.29, 0.717) is 5.56 Å². The van der Waals surface area contributed by atoms with Gasteiger partial charge < -0.3 is 4.74 Å². The maximum atomic E-state index is 13.3. The zero-order chi connectivity index (χ0) is 20.0. The van der Waals surface area contributed by atoms with Crippen molar-refractivity contribution in [1.29, 1.82) is 0 Å². The molecule has 0 fully saturated rings. The molecule has 2 aliphatic heterocycles. The molecule has 4 nitrogen and oxygen atoms in total. The van der Waals surface area contributed by atoms with Crippen molar-refractivity contribution in [3.63, 3.8) is 0 Å². The maximum absolute atomic E-state index is 13.3. The Balaban J connectivity index is 1.58. The highest BCUT2D eigenvalue weighted by atomic mass is 79.9. The van der Waals surface area contributed by atoms with E-state index in [-0.39, 0.29) is 11.8 Å². The van der Waals surface area contributed by atoms with Gasteiger partial charge in [-0.05, 0) is 30.7 Å². The molecule has 0 aromatic heterocycles. The molecule has 0 aliphatic carbocycles. The van der Waals surface area contributed by atoms with Gasteiger partial charge in [0.1, 0.15) is 5.75 Å². The van der Waals surface area contributed by atoms with Gasteiger partial charge in [0.05, 0.1) is 11.8 Å². The van der Waals surface area contributed by atoms with Gasteiger partial charge in [-0.15, -0.1) is 0 Å². The van der Waals surface area contributed by atoms with E-state index in [0.717, 1.165) is 33.5 Å². The number of nitrogens with zero attached hydrogens (tertiary/aromatic N) is 2. The molecule has 0 saturated carbocycles. The maximum Gasteiger partial charge on any atom is 0.251 e. The minimum absolute atomic E-state index is 0.0368. The number of fused-ring (bicyclic) bond motifs is 3. The van der Waals surface area contributed by atoms with Gasteiger partial charge in [0.25, 0.3) is 6.23 Å². The first-order valence-electron chi connectivity index (χ1n) is 9.58. The summed E-state index contributed by atoms with van der Waals surface area (Å²) in [7, 11) is 0. The summed E-state index contributed by atoms with van der Waals surface area (Å²) in [5, 5.41) is 6.69. The smallest absolute Gasteiger partial charge is 0.251 e. The number of Topliss-reactive ketones (excluding diaryl/α,β-unsaturated/α-hetero) is 1. The quantitative estimate of drug-likeness (QED) is 0.498. The summed E-state index contributed by atoms with van der Waals surface area (Å²) < 4.78 is 7.15. The number of halogens is 1. The van der Waals surface area contributed by atoms with Gasteiger partial charge in [0.2, 0.25) is 5.78 Å². The molecule has 2 heterocycles. The van der Waals surface area contributed by atoms with Crippen molar-refractivity contribution in [2.45, 2.75) is 25.6 Å². The lowest BCUT2D eigenvalue weighted by molar-refractivity contribution is -0.00459. The van der Waals surface area contributed by atoms with Crippen LogP contribution >= 0.6 is 15.9 Å². The van der Waals surface area contributed by atoms with Crippen LogP contribution in [0.4, 0.5) is 0 Å². The van der Waals surface area contributed by atoms with Gasteiger partial charge in [-0.1, -0.05) is 76.1 Å². The van der Waals surface area contributed by atoms with Crippen LogP contribution in [0.3, 0.4) is 0 Å². The Morgan fingerprint density at radius 1 is 1.07 bits per heavy atom. The number of hydrazone groups is 1. The van der Waals surface area contributed by atoms with Gasteiger partial charge in [-0.3, -0.25) is 4.79 Å². The first kappa shape index (κ1) is 18.1. The van der Waals surface area contributed by atoms with Crippen molar-refractivity contribution in [3.05, 3.63) is 99.5 Å². The van der Waals surface area contributed by atoms with Crippen molar-refractivity contribution in [1.82, 2.24) is 5.01 Å². The minimum Gasteiger partial charge on any atom is -0.461 e. The Morgan fingerprint density at radius 3 is 2.59 bits per heavy atom. The van der Waals surface area contributed by atoms with Gasteiger partial charge in [0, 0.05) is 22.0 Å². The van der Waals surface area contributed by atoms with E-state index in [4.69, 9.17) is 9.84 Å². The summed E-state index contributed by atoms with van der Waals surface area (Å²) >= 11 is 3.56. The summed E-state index contributed by atoms with van der Waals surface area (Å²) in [5.41, 5.74) is 4.92. The van der Waals surface area contributed by atoms with Gasteiger partial charge >= 0.3 is 0 Å². The molecular weight excluding hydrogens is 428 g/mol. The third-order valence-electron chi connectivity index (χ3n) is 5.42. The van der Waals surface area contributed by atoms with Crippen LogP contribution in [0.25, 0.3) is 0 Å². The van der Waals surface area contributed by atoms with E-state index in [1.807, 2.05) is 47.5 Å². The molecule has 5 heteroatoms. The van der Waals surface area contributed by atoms with E-state index >= 15 is 0 Å². The Labute approximate surface area is 177 Å². The number of carbonyl (C=O) groups is 1. The van der Waals surface area contributed by atoms with Gasteiger partial charge in [-0.25, -0.2) is 5.01 Å². The first-order chi connectivity index (χ1) is 14.1. The predicted octanol–water partition coefficient (Wildman–Crippen LogP) is 5.51. The second-order valence-electron chi connectivity index (χ2n) is 7.40. The van der Waals surface area contributed by atoms with Crippen LogP contribution in [0.2, 0.25) is 0 Å². The fraction of sp³-hybridized carbons (Fsp3) is 0.167. The van der Waals surface area contributed by atoms with Crippen molar-refractivity contribution < 1.29 is 9.53 Å². The number of aryl methyl sites for hydroxylation is 1. The van der Waals surface area contributed by atoms with Crippen molar-refractivity contribution in [2.75, 3.05) is 0 Å². The van der Waals surface area contributed by atoms with E-state index in [9.17, 15) is 4.79 Å². The predicted molar refractivity (Wildman–Crippen MR) is 116 cm³/mol. The number of ether oxygens (including phenoxy) is 1. The molecule has 2 atom stereocenters. The van der Waals surface area contributed by atoms with Crippen LogP contribution in [-0.4, -0.2) is 22.7 Å². The van der Waals surface area contributed by atoms with E-state index in [1.165, 1.54) is 5.56 Å². The van der Waals surface area contributed by atoms with Crippen LogP contribution in [-0.2, 0) is 0 Å². The van der Waals surface area contributed by atoms with Crippen molar-refractivity contribution >= 4 is 27.4 Å². The van der Waals surface area contributed by atoms with Gasteiger partial charge in [0.15, 0.2) is 0 Å². The standard InChI is InChI=1S/C24H19BrN2O2/c1-15-7-9-16(10-8-15)20-14-21-19-13-18(25)11-12-22(19)29-24(27(21)26-20)23(28)17-5-3-2-4-6-17/h2-13,21,24H,14H2,1H3/t21-,24+/m1/s1. The molecule has 0 saturated heterocycles. The number of rotatable bonds is 3. The molecule has 5 rings (SSSR count). The summed E-state index contributed by atoms with van der Waals surface area (Å²) in [5.74, 6) is 0.655. The largest absolute Gasteiger partial charge is 0.461 e.